The summed E-state index contributed by atoms with van der Waals surface area (Å²) in [6.45, 7) is 13.0. The van der Waals surface area contributed by atoms with Gasteiger partial charge in [-0.2, -0.15) is 5.26 Å². The molecule has 1 heterocycles. The lowest BCUT2D eigenvalue weighted by atomic mass is 9.97. The second-order valence-corrected chi connectivity index (χ2v) is 8.43. The molecule has 0 radical (unpaired) electrons. The molecule has 5 nitrogen and oxygen atoms in total. The zero-order valence-corrected chi connectivity index (χ0v) is 19.4. The Balaban J connectivity index is 2.08. The quantitative estimate of drug-likeness (QED) is 0.229. The summed E-state index contributed by atoms with van der Waals surface area (Å²) in [5.74, 6) is -0.183. The van der Waals surface area contributed by atoms with Crippen molar-refractivity contribution in [2.45, 2.75) is 60.4 Å². The summed E-state index contributed by atoms with van der Waals surface area (Å²) in [5.41, 5.74) is 4.40. The Morgan fingerprint density at radius 3 is 2.35 bits per heavy atom. The van der Waals surface area contributed by atoms with E-state index < -0.39 is 12.6 Å². The number of hydrogen-bond acceptors (Lipinski definition) is 4. The number of Topliss-reactive ketones (excluding diaryl/α,β-unsaturated/α-hetero) is 1. The average Bonchev–Trinajstić information content (AvgIpc) is 3.01. The van der Waals surface area contributed by atoms with E-state index in [0.717, 1.165) is 29.9 Å². The zero-order valence-electron chi connectivity index (χ0n) is 19.4. The van der Waals surface area contributed by atoms with E-state index in [1.807, 2.05) is 38.1 Å². The van der Waals surface area contributed by atoms with E-state index in [4.69, 9.17) is 4.74 Å². The second kappa shape index (κ2) is 10.8. The van der Waals surface area contributed by atoms with Gasteiger partial charge in [-0.3, -0.25) is 4.79 Å². The third-order valence-electron chi connectivity index (χ3n) is 5.55. The Kier molecular flexibility index (Phi) is 8.38. The maximum atomic E-state index is 12.4. The van der Waals surface area contributed by atoms with E-state index in [-0.39, 0.29) is 11.4 Å². The molecular formula is C26H32N2O3. The Morgan fingerprint density at radius 2 is 1.81 bits per heavy atom. The molecule has 31 heavy (non-hydrogen) atoms. The number of carbonyl (C=O) groups is 2. The van der Waals surface area contributed by atoms with Gasteiger partial charge >= 0.3 is 5.97 Å². The first-order valence-corrected chi connectivity index (χ1v) is 10.8. The number of carbonyl (C=O) groups excluding carboxylic acids is 2. The SMILES string of the molecule is CC[C@@H](C)c1ccc(C(=O)COC(=O)/C(C#N)=C/c2cc(C)n(CC(C)C)c2C)cc1. The fourth-order valence-electron chi connectivity index (χ4n) is 3.44. The molecule has 0 aliphatic heterocycles. The topological polar surface area (TPSA) is 72.1 Å². The molecule has 2 rings (SSSR count). The van der Waals surface area contributed by atoms with Gasteiger partial charge in [0.05, 0.1) is 0 Å². The number of aromatic nitrogens is 1. The van der Waals surface area contributed by atoms with Crippen LogP contribution >= 0.6 is 0 Å². The van der Waals surface area contributed by atoms with Gasteiger partial charge in [0.15, 0.2) is 12.4 Å². The lowest BCUT2D eigenvalue weighted by Gasteiger charge is -2.12. The molecule has 0 amide bonds. The van der Waals surface area contributed by atoms with E-state index in [2.05, 4.69) is 32.3 Å². The second-order valence-electron chi connectivity index (χ2n) is 8.43. The number of hydrogen-bond donors (Lipinski definition) is 0. The minimum absolute atomic E-state index is 0.121. The molecule has 1 aromatic carbocycles. The third kappa shape index (κ3) is 6.18. The van der Waals surface area contributed by atoms with E-state index in [0.29, 0.717) is 17.4 Å². The highest BCUT2D eigenvalue weighted by molar-refractivity contribution is 6.02. The molecule has 164 valence electrons. The van der Waals surface area contributed by atoms with Crippen molar-refractivity contribution in [1.29, 1.82) is 5.26 Å². The minimum atomic E-state index is -0.791. The highest BCUT2D eigenvalue weighted by Gasteiger charge is 2.17. The van der Waals surface area contributed by atoms with Crippen molar-refractivity contribution in [2.75, 3.05) is 6.61 Å². The van der Waals surface area contributed by atoms with Gasteiger partial charge in [0.1, 0.15) is 11.6 Å². The van der Waals surface area contributed by atoms with Crippen LogP contribution in [0, 0.1) is 31.1 Å². The molecule has 0 aliphatic carbocycles. The molecule has 5 heteroatoms. The Bertz CT molecular complexity index is 1000. The number of nitrogens with zero attached hydrogens (tertiary/aromatic N) is 2. The van der Waals surface area contributed by atoms with Crippen LogP contribution in [0.5, 0.6) is 0 Å². The van der Waals surface area contributed by atoms with Crippen molar-refractivity contribution in [3.05, 3.63) is 64.0 Å². The zero-order chi connectivity index (χ0) is 23.1. The smallest absolute Gasteiger partial charge is 0.349 e. The maximum Gasteiger partial charge on any atom is 0.349 e. The summed E-state index contributed by atoms with van der Waals surface area (Å²) in [7, 11) is 0. The number of rotatable bonds is 9. The summed E-state index contributed by atoms with van der Waals surface area (Å²) in [6.07, 6.45) is 2.56. The van der Waals surface area contributed by atoms with E-state index >= 15 is 0 Å². The van der Waals surface area contributed by atoms with Gasteiger partial charge in [-0.05, 0) is 55.4 Å². The van der Waals surface area contributed by atoms with Crippen molar-refractivity contribution >= 4 is 17.8 Å². The first kappa shape index (κ1) is 24.1. The third-order valence-corrected chi connectivity index (χ3v) is 5.55. The summed E-state index contributed by atoms with van der Waals surface area (Å²) in [6, 6.07) is 11.2. The Morgan fingerprint density at radius 1 is 1.16 bits per heavy atom. The molecule has 2 aromatic rings. The highest BCUT2D eigenvalue weighted by atomic mass is 16.5. The van der Waals surface area contributed by atoms with Crippen molar-refractivity contribution in [2.24, 2.45) is 5.92 Å². The normalized spacial score (nSPS) is 12.5. The molecule has 0 N–H and O–H groups in total. The van der Waals surface area contributed by atoms with E-state index in [1.54, 1.807) is 12.1 Å². The molecule has 1 aromatic heterocycles. The van der Waals surface area contributed by atoms with Crippen LogP contribution in [0.15, 0.2) is 35.9 Å². The van der Waals surface area contributed by atoms with Crippen molar-refractivity contribution in [3.63, 3.8) is 0 Å². The standard InChI is InChI=1S/C26H32N2O3/c1-7-18(4)21-8-10-22(11-9-21)25(29)16-31-26(30)24(14-27)13-23-12-19(5)28(20(23)6)15-17(2)3/h8-13,17-18H,7,15-16H2,1-6H3/b24-13+/t18-/m1/s1. The predicted octanol–water partition coefficient (Wildman–Crippen LogP) is 5.61. The Hall–Kier alpha value is -3.13. The summed E-state index contributed by atoms with van der Waals surface area (Å²) >= 11 is 0. The van der Waals surface area contributed by atoms with Gasteiger partial charge in [0, 0.05) is 23.5 Å². The average molecular weight is 421 g/mol. The van der Waals surface area contributed by atoms with Gasteiger partial charge in [-0.15, -0.1) is 0 Å². The fraction of sp³-hybridized carbons (Fsp3) is 0.423. The van der Waals surface area contributed by atoms with Crippen LogP contribution in [0.25, 0.3) is 6.08 Å². The molecule has 0 spiro atoms. The summed E-state index contributed by atoms with van der Waals surface area (Å²) in [4.78, 5) is 24.8. The summed E-state index contributed by atoms with van der Waals surface area (Å²) < 4.78 is 7.31. The van der Waals surface area contributed by atoms with Gasteiger partial charge in [-0.25, -0.2) is 4.79 Å². The molecule has 0 bridgehead atoms. The van der Waals surface area contributed by atoms with Crippen LogP contribution in [-0.4, -0.2) is 22.9 Å². The van der Waals surface area contributed by atoms with Crippen LogP contribution in [-0.2, 0) is 16.1 Å². The van der Waals surface area contributed by atoms with Crippen LogP contribution in [0.3, 0.4) is 0 Å². The van der Waals surface area contributed by atoms with Gasteiger partial charge in [-0.1, -0.05) is 52.0 Å². The number of ether oxygens (including phenoxy) is 1. The van der Waals surface area contributed by atoms with Gasteiger partial charge in [0.25, 0.3) is 0 Å². The largest absolute Gasteiger partial charge is 0.453 e. The number of ketones is 1. The van der Waals surface area contributed by atoms with Gasteiger partial charge < -0.3 is 9.30 Å². The lowest BCUT2D eigenvalue weighted by molar-refractivity contribution is -0.137. The van der Waals surface area contributed by atoms with Crippen molar-refractivity contribution in [1.82, 2.24) is 4.57 Å². The first-order valence-electron chi connectivity index (χ1n) is 10.8. The van der Waals surface area contributed by atoms with E-state index in [9.17, 15) is 14.9 Å². The van der Waals surface area contributed by atoms with E-state index in [1.165, 1.54) is 11.6 Å². The number of aryl methyl sites for hydroxylation is 1. The highest BCUT2D eigenvalue weighted by Crippen LogP contribution is 2.21. The molecular weight excluding hydrogens is 388 g/mol. The number of esters is 1. The lowest BCUT2D eigenvalue weighted by Crippen LogP contribution is -2.15. The van der Waals surface area contributed by atoms with Crippen molar-refractivity contribution < 1.29 is 14.3 Å². The summed E-state index contributed by atoms with van der Waals surface area (Å²) in [5, 5.41) is 9.45. The molecule has 0 saturated heterocycles. The van der Waals surface area contributed by atoms with Gasteiger partial charge in [0.2, 0.25) is 0 Å². The molecule has 0 aliphatic rings. The van der Waals surface area contributed by atoms with Crippen LogP contribution in [0.2, 0.25) is 0 Å². The monoisotopic (exact) mass is 420 g/mol. The molecule has 0 unspecified atom stereocenters. The minimum Gasteiger partial charge on any atom is -0.453 e. The van der Waals surface area contributed by atoms with Crippen LogP contribution in [0.4, 0.5) is 0 Å². The molecule has 0 fully saturated rings. The molecule has 0 saturated carbocycles. The van der Waals surface area contributed by atoms with Crippen molar-refractivity contribution in [3.8, 4) is 6.07 Å². The first-order chi connectivity index (χ1) is 14.7. The number of nitriles is 1. The predicted molar refractivity (Wildman–Crippen MR) is 123 cm³/mol. The number of benzene rings is 1. The maximum absolute atomic E-state index is 12.4. The van der Waals surface area contributed by atoms with Crippen LogP contribution < -0.4 is 0 Å². The molecule has 1 atom stereocenters. The van der Waals surface area contributed by atoms with Crippen LogP contribution in [0.1, 0.15) is 72.9 Å². The Labute approximate surface area is 185 Å². The fourth-order valence-corrected chi connectivity index (χ4v) is 3.44.